The van der Waals surface area contributed by atoms with Gasteiger partial charge in [0.25, 0.3) is 6.71 Å². The minimum Gasteiger partial charge on any atom is -0.456 e. The molecule has 0 amide bonds. The summed E-state index contributed by atoms with van der Waals surface area (Å²) in [6, 6.07) is 121. The zero-order valence-corrected chi connectivity index (χ0v) is 63.8. The van der Waals surface area contributed by atoms with E-state index in [0.717, 1.165) is 151 Å². The van der Waals surface area contributed by atoms with E-state index < -0.39 is 0 Å². The SMILES string of the molecule is Cc1cccc(C)c1N1c2ccc(N(c3ccccc3)c3ccc4cc(-c5cc6ccccc6o5)ccc4c3)cc2B2c3ccc(N(c4ccccc4)c4ccc5cc(-c6cc7ccccc7o6)ccc5c4)cc3N(c3c(C)cccc3C)c3cc(N(c4ccc(C(C)(C)C)cc4)c4ccc(C(C)(C)C)cc4)cc1c32. The van der Waals surface area contributed by atoms with E-state index in [1.54, 1.807) is 0 Å². The van der Waals surface area contributed by atoms with Gasteiger partial charge in [-0.1, -0.05) is 217 Å². The van der Waals surface area contributed by atoms with Gasteiger partial charge in [0.15, 0.2) is 0 Å². The Hall–Kier alpha value is -13.0. The van der Waals surface area contributed by atoms with Crippen LogP contribution in [0.2, 0.25) is 0 Å². The van der Waals surface area contributed by atoms with E-state index >= 15 is 0 Å². The minimum absolute atomic E-state index is 0.0545. The van der Waals surface area contributed by atoms with E-state index in [1.165, 1.54) is 49.8 Å². The molecule has 0 unspecified atom stereocenters. The average Bonchev–Trinajstić information content (AvgIpc) is 0.868. The number of hydrogen-bond donors (Lipinski definition) is 0. The summed E-state index contributed by atoms with van der Waals surface area (Å²) in [7, 11) is 0. The van der Waals surface area contributed by atoms with Gasteiger partial charge in [-0.3, -0.25) is 0 Å². The normalized spacial score (nSPS) is 12.6. The second-order valence-electron chi connectivity index (χ2n) is 32.0. The molecule has 15 aromatic carbocycles. The molecule has 4 heterocycles. The van der Waals surface area contributed by atoms with Crippen LogP contribution in [0.15, 0.2) is 336 Å². The summed E-state index contributed by atoms with van der Waals surface area (Å²) in [5, 5.41) is 6.70. The maximum absolute atomic E-state index is 6.43. The Kier molecular flexibility index (Phi) is 16.2. The van der Waals surface area contributed by atoms with Crippen LogP contribution in [0.5, 0.6) is 0 Å². The molecule has 0 atom stereocenters. The van der Waals surface area contributed by atoms with Crippen LogP contribution in [0.25, 0.3) is 66.1 Å². The maximum Gasteiger partial charge on any atom is 0.252 e. The first-order valence-electron chi connectivity index (χ1n) is 38.4. The average molecular weight is 1420 g/mol. The highest BCUT2D eigenvalue weighted by molar-refractivity contribution is 7.00. The summed E-state index contributed by atoms with van der Waals surface area (Å²) in [5.41, 5.74) is 30.8. The third kappa shape index (κ3) is 11.8. The van der Waals surface area contributed by atoms with Crippen LogP contribution in [0.4, 0.5) is 85.3 Å². The summed E-state index contributed by atoms with van der Waals surface area (Å²) in [6.45, 7) is 22.6. The van der Waals surface area contributed by atoms with Crippen LogP contribution in [-0.2, 0) is 10.8 Å². The molecular formula is C102H84BN5O2. The number of nitrogens with zero attached hydrogens (tertiary/aromatic N) is 5. The van der Waals surface area contributed by atoms with Gasteiger partial charge in [0.1, 0.15) is 22.7 Å². The van der Waals surface area contributed by atoms with Crippen molar-refractivity contribution in [3.8, 4) is 22.6 Å². The Morgan fingerprint density at radius 2 is 0.627 bits per heavy atom. The van der Waals surface area contributed by atoms with Gasteiger partial charge in [-0.25, -0.2) is 0 Å². The Balaban J connectivity index is 0.866. The van der Waals surface area contributed by atoms with E-state index in [1.807, 2.05) is 24.3 Å². The molecule has 2 aliphatic rings. The molecule has 8 heteroatoms. The smallest absolute Gasteiger partial charge is 0.252 e. The van der Waals surface area contributed by atoms with Crippen molar-refractivity contribution in [2.45, 2.75) is 80.1 Å². The molecule has 0 bridgehead atoms. The van der Waals surface area contributed by atoms with Crippen molar-refractivity contribution in [1.82, 2.24) is 0 Å². The topological polar surface area (TPSA) is 42.5 Å². The molecule has 2 aliphatic heterocycles. The van der Waals surface area contributed by atoms with Crippen LogP contribution in [0, 0.1) is 27.7 Å². The van der Waals surface area contributed by atoms with Crippen LogP contribution in [0.1, 0.15) is 74.9 Å². The summed E-state index contributed by atoms with van der Waals surface area (Å²) in [6.07, 6.45) is 0. The van der Waals surface area contributed by atoms with Gasteiger partial charge in [-0.15, -0.1) is 0 Å². The lowest BCUT2D eigenvalue weighted by Crippen LogP contribution is -2.61. The first-order valence-corrected chi connectivity index (χ1v) is 38.4. The van der Waals surface area contributed by atoms with Gasteiger partial charge in [0.2, 0.25) is 0 Å². The summed E-state index contributed by atoms with van der Waals surface area (Å²) in [5.74, 6) is 1.71. The quantitative estimate of drug-likeness (QED) is 0.107. The van der Waals surface area contributed by atoms with Crippen molar-refractivity contribution in [2.24, 2.45) is 0 Å². The number of benzene rings is 15. The van der Waals surface area contributed by atoms with Gasteiger partial charge < -0.3 is 33.3 Å². The van der Waals surface area contributed by atoms with E-state index in [2.05, 4.69) is 397 Å². The number of aryl methyl sites for hydroxylation is 4. The predicted octanol–water partition coefficient (Wildman–Crippen LogP) is 27.1. The maximum atomic E-state index is 6.43. The minimum atomic E-state index is -0.280. The van der Waals surface area contributed by atoms with Gasteiger partial charge >= 0.3 is 0 Å². The van der Waals surface area contributed by atoms with Crippen molar-refractivity contribution in [2.75, 3.05) is 24.5 Å². The van der Waals surface area contributed by atoms with E-state index in [0.29, 0.717) is 0 Å². The zero-order valence-electron chi connectivity index (χ0n) is 63.8. The van der Waals surface area contributed by atoms with Crippen molar-refractivity contribution >= 4 is 152 Å². The second kappa shape index (κ2) is 26.4. The lowest BCUT2D eigenvalue weighted by atomic mass is 9.33. The first kappa shape index (κ1) is 67.6. The lowest BCUT2D eigenvalue weighted by Gasteiger charge is -2.46. The third-order valence-corrected chi connectivity index (χ3v) is 22.7. The molecule has 0 aliphatic carbocycles. The molecule has 17 aromatic rings. The van der Waals surface area contributed by atoms with Crippen LogP contribution >= 0.6 is 0 Å². The third-order valence-electron chi connectivity index (χ3n) is 22.7. The molecule has 0 saturated carbocycles. The van der Waals surface area contributed by atoms with E-state index in [4.69, 9.17) is 8.83 Å². The van der Waals surface area contributed by atoms with Crippen LogP contribution in [-0.4, -0.2) is 6.71 Å². The predicted molar refractivity (Wildman–Crippen MR) is 466 cm³/mol. The molecule has 532 valence electrons. The molecule has 2 aromatic heterocycles. The summed E-state index contributed by atoms with van der Waals surface area (Å²) < 4.78 is 12.9. The Morgan fingerprint density at radius 1 is 0.264 bits per heavy atom. The molecular weight excluding hydrogens is 1340 g/mol. The molecule has 7 nitrogen and oxygen atoms in total. The van der Waals surface area contributed by atoms with Gasteiger partial charge in [-0.2, -0.15) is 0 Å². The molecule has 19 rings (SSSR count). The molecule has 0 fully saturated rings. The Bertz CT molecular complexity index is 6300. The number of para-hydroxylation sites is 6. The van der Waals surface area contributed by atoms with Crippen molar-refractivity contribution in [3.05, 3.63) is 361 Å². The molecule has 0 saturated heterocycles. The zero-order chi connectivity index (χ0) is 74.8. The van der Waals surface area contributed by atoms with Gasteiger partial charge in [0.05, 0.1) is 17.1 Å². The number of rotatable bonds is 13. The number of fused-ring (bicyclic) bond motifs is 8. The molecule has 0 radical (unpaired) electrons. The van der Waals surface area contributed by atoms with Crippen molar-refractivity contribution in [1.29, 1.82) is 0 Å². The molecule has 0 spiro atoms. The standard InChI is InChI=1S/C102H84BN5O2/c1-65-23-21-24-66(2)99(65)107-90-54-52-85(105(79-29-13-11-14-30-79)83-45-39-69-55-75(37-35-71(69)57-83)96-59-73-27-17-19-33-94(73)109-96)61-89(90)103-88-53-51-86(106(80-31-15-12-16-32-80)84-46-40-70-56-76(38-36-72(70)58-84)97-60-74-28-18-20-34-95(74)110-97)62-91(88)108(100-67(3)25-22-26-68(100)4)93-64-87(63-92(107)98(93)103)104(81-47-41-77(42-48-81)101(5,6)7)82-49-43-78(44-50-82)102(8,9)10/h11-64H,1-10H3. The van der Waals surface area contributed by atoms with Crippen molar-refractivity contribution in [3.63, 3.8) is 0 Å². The number of furan rings is 2. The van der Waals surface area contributed by atoms with Crippen LogP contribution in [0.3, 0.4) is 0 Å². The Morgan fingerprint density at radius 3 is 1.09 bits per heavy atom. The monoisotopic (exact) mass is 1420 g/mol. The van der Waals surface area contributed by atoms with E-state index in [-0.39, 0.29) is 17.5 Å². The highest BCUT2D eigenvalue weighted by Gasteiger charge is 2.46. The highest BCUT2D eigenvalue weighted by atomic mass is 16.3. The van der Waals surface area contributed by atoms with Gasteiger partial charge in [-0.05, 0) is 261 Å². The molecule has 110 heavy (non-hydrogen) atoms. The molecule has 0 N–H and O–H groups in total. The fourth-order valence-electron chi connectivity index (χ4n) is 17.2. The highest BCUT2D eigenvalue weighted by Crippen LogP contribution is 2.53. The fourth-order valence-corrected chi connectivity index (χ4v) is 17.2. The lowest BCUT2D eigenvalue weighted by molar-refractivity contribution is 0.590. The van der Waals surface area contributed by atoms with Gasteiger partial charge in [0, 0.05) is 90.1 Å². The fraction of sp³-hybridized carbons (Fsp3) is 0.118. The number of hydrogen-bond acceptors (Lipinski definition) is 7. The van der Waals surface area contributed by atoms with E-state index in [9.17, 15) is 0 Å². The largest absolute Gasteiger partial charge is 0.456 e. The van der Waals surface area contributed by atoms with Crippen molar-refractivity contribution < 1.29 is 8.83 Å². The second-order valence-corrected chi connectivity index (χ2v) is 32.0. The summed E-state index contributed by atoms with van der Waals surface area (Å²) >= 11 is 0. The van der Waals surface area contributed by atoms with Crippen LogP contribution < -0.4 is 40.9 Å². The first-order chi connectivity index (χ1) is 53.4. The summed E-state index contributed by atoms with van der Waals surface area (Å²) in [4.78, 5) is 12.6. The Labute approximate surface area is 644 Å². The number of anilines is 15.